The fourth-order valence-corrected chi connectivity index (χ4v) is 1.60. The second-order valence-corrected chi connectivity index (χ2v) is 3.87. The van der Waals surface area contributed by atoms with E-state index in [1.54, 1.807) is 0 Å². The minimum absolute atomic E-state index is 0.0701. The highest BCUT2D eigenvalue weighted by molar-refractivity contribution is 7.79. The molecule has 0 fully saturated rings. The van der Waals surface area contributed by atoms with E-state index in [2.05, 4.69) is 9.97 Å². The van der Waals surface area contributed by atoms with Gasteiger partial charge in [0.2, 0.25) is 16.2 Å². The van der Waals surface area contributed by atoms with Crippen LogP contribution in [-0.4, -0.2) is 18.7 Å². The second kappa shape index (κ2) is 3.30. The average Bonchev–Trinajstić information content (AvgIpc) is 2.48. The molecule has 0 aliphatic carbocycles. The van der Waals surface area contributed by atoms with Gasteiger partial charge >= 0.3 is 0 Å². The SMILES string of the molecule is O=S(O)c1nc2cc(Cl)c(F)cc2[nH]1. The predicted molar refractivity (Wildman–Crippen MR) is 50.1 cm³/mol. The molecular weight excluding hydrogens is 231 g/mol. The molecule has 0 aliphatic rings. The summed E-state index contributed by atoms with van der Waals surface area (Å²) >= 11 is 3.30. The Morgan fingerprint density at radius 2 is 2.29 bits per heavy atom. The van der Waals surface area contributed by atoms with Crippen LogP contribution in [0.25, 0.3) is 11.0 Å². The summed E-state index contributed by atoms with van der Waals surface area (Å²) in [7, 11) is 0. The van der Waals surface area contributed by atoms with Crippen LogP contribution in [-0.2, 0) is 11.1 Å². The number of nitrogens with zero attached hydrogens (tertiary/aromatic N) is 1. The summed E-state index contributed by atoms with van der Waals surface area (Å²) in [5.41, 5.74) is 0.693. The summed E-state index contributed by atoms with van der Waals surface area (Å²) in [5, 5.41) is -0.194. The Morgan fingerprint density at radius 1 is 1.57 bits per heavy atom. The number of aromatic nitrogens is 2. The molecule has 4 nitrogen and oxygen atoms in total. The lowest BCUT2D eigenvalue weighted by atomic mass is 10.3. The first kappa shape index (κ1) is 9.57. The summed E-state index contributed by atoms with van der Waals surface area (Å²) < 4.78 is 32.3. The highest BCUT2D eigenvalue weighted by Gasteiger charge is 2.10. The van der Waals surface area contributed by atoms with Gasteiger partial charge < -0.3 is 4.98 Å². The van der Waals surface area contributed by atoms with Gasteiger partial charge in [-0.25, -0.2) is 13.6 Å². The largest absolute Gasteiger partial charge is 0.329 e. The first-order valence-electron chi connectivity index (χ1n) is 3.53. The van der Waals surface area contributed by atoms with Gasteiger partial charge in [0, 0.05) is 6.07 Å². The molecule has 0 saturated heterocycles. The van der Waals surface area contributed by atoms with Gasteiger partial charge in [-0.15, -0.1) is 0 Å². The summed E-state index contributed by atoms with van der Waals surface area (Å²) in [6.45, 7) is 0. The average molecular weight is 235 g/mol. The third kappa shape index (κ3) is 1.52. The molecule has 0 spiro atoms. The molecule has 0 radical (unpaired) electrons. The van der Waals surface area contributed by atoms with Crippen LogP contribution in [0.5, 0.6) is 0 Å². The first-order chi connectivity index (χ1) is 6.58. The van der Waals surface area contributed by atoms with E-state index >= 15 is 0 Å². The van der Waals surface area contributed by atoms with Crippen LogP contribution in [0.4, 0.5) is 4.39 Å². The number of hydrogen-bond acceptors (Lipinski definition) is 2. The Morgan fingerprint density at radius 3 is 2.93 bits per heavy atom. The van der Waals surface area contributed by atoms with Crippen molar-refractivity contribution in [1.29, 1.82) is 0 Å². The summed E-state index contributed by atoms with van der Waals surface area (Å²) in [5.74, 6) is -0.599. The smallest absolute Gasteiger partial charge is 0.225 e. The third-order valence-corrected chi connectivity index (χ3v) is 2.48. The molecule has 2 aromatic rings. The number of benzene rings is 1. The van der Waals surface area contributed by atoms with E-state index in [1.165, 1.54) is 6.07 Å². The Kier molecular flexibility index (Phi) is 2.26. The van der Waals surface area contributed by atoms with E-state index in [1.807, 2.05) is 0 Å². The molecule has 0 aliphatic heterocycles. The fraction of sp³-hybridized carbons (Fsp3) is 0. The standard InChI is InChI=1S/C7H4ClFN2O2S/c8-3-1-5-6(2-4(3)9)11-7(10-5)14(12)13/h1-2H,(H,10,11)(H,12,13). The van der Waals surface area contributed by atoms with Gasteiger partial charge in [-0.3, -0.25) is 4.55 Å². The number of rotatable bonds is 1. The van der Waals surface area contributed by atoms with E-state index in [9.17, 15) is 8.60 Å². The minimum atomic E-state index is -2.21. The van der Waals surface area contributed by atoms with Crippen LogP contribution in [0.3, 0.4) is 0 Å². The second-order valence-electron chi connectivity index (χ2n) is 2.57. The van der Waals surface area contributed by atoms with Crippen molar-refractivity contribution in [2.24, 2.45) is 0 Å². The number of aromatic amines is 1. The van der Waals surface area contributed by atoms with E-state index in [0.717, 1.165) is 6.07 Å². The zero-order valence-corrected chi connectivity index (χ0v) is 8.19. The van der Waals surface area contributed by atoms with Crippen molar-refractivity contribution in [3.63, 3.8) is 0 Å². The van der Waals surface area contributed by atoms with Gasteiger partial charge in [-0.2, -0.15) is 0 Å². The molecule has 1 unspecified atom stereocenters. The van der Waals surface area contributed by atoms with Crippen molar-refractivity contribution in [1.82, 2.24) is 9.97 Å². The third-order valence-electron chi connectivity index (χ3n) is 1.67. The molecule has 1 aromatic carbocycles. The molecule has 2 rings (SSSR count). The topological polar surface area (TPSA) is 66.0 Å². The van der Waals surface area contributed by atoms with Gasteiger partial charge in [-0.1, -0.05) is 11.6 Å². The van der Waals surface area contributed by atoms with Gasteiger partial charge in [0.05, 0.1) is 16.1 Å². The lowest BCUT2D eigenvalue weighted by Gasteiger charge is -1.91. The molecule has 1 aromatic heterocycles. The highest BCUT2D eigenvalue weighted by Crippen LogP contribution is 2.21. The molecule has 1 atom stereocenters. The van der Waals surface area contributed by atoms with Crippen LogP contribution < -0.4 is 0 Å². The van der Waals surface area contributed by atoms with Crippen molar-refractivity contribution in [2.75, 3.05) is 0 Å². The van der Waals surface area contributed by atoms with Crippen LogP contribution in [0.15, 0.2) is 17.3 Å². The summed E-state index contributed by atoms with van der Waals surface area (Å²) in [4.78, 5) is 6.26. The molecule has 1 heterocycles. The van der Waals surface area contributed by atoms with E-state index in [4.69, 9.17) is 16.2 Å². The number of nitrogens with one attached hydrogen (secondary N) is 1. The first-order valence-corrected chi connectivity index (χ1v) is 5.02. The molecule has 2 N–H and O–H groups in total. The highest BCUT2D eigenvalue weighted by atomic mass is 35.5. The lowest BCUT2D eigenvalue weighted by Crippen LogP contribution is -1.89. The predicted octanol–water partition coefficient (Wildman–Crippen LogP) is 1.94. The number of H-pyrrole nitrogens is 1. The maximum atomic E-state index is 12.9. The number of imidazole rings is 1. The van der Waals surface area contributed by atoms with Crippen molar-refractivity contribution in [3.8, 4) is 0 Å². The molecule has 74 valence electrons. The Labute approximate surface area is 85.4 Å². The monoisotopic (exact) mass is 234 g/mol. The minimum Gasteiger partial charge on any atom is -0.329 e. The summed E-state index contributed by atoms with van der Waals surface area (Å²) in [6.07, 6.45) is 0. The van der Waals surface area contributed by atoms with Crippen molar-refractivity contribution in [2.45, 2.75) is 5.16 Å². The Bertz CT molecular complexity index is 489. The van der Waals surface area contributed by atoms with E-state index < -0.39 is 16.9 Å². The lowest BCUT2D eigenvalue weighted by molar-refractivity contribution is 0.557. The fourth-order valence-electron chi connectivity index (χ4n) is 1.06. The van der Waals surface area contributed by atoms with Gasteiger partial charge in [0.25, 0.3) is 0 Å². The Balaban J connectivity index is 2.72. The van der Waals surface area contributed by atoms with Gasteiger partial charge in [0.1, 0.15) is 5.82 Å². The molecule has 0 bridgehead atoms. The summed E-state index contributed by atoms with van der Waals surface area (Å²) in [6, 6.07) is 2.42. The number of halogens is 2. The zero-order valence-electron chi connectivity index (χ0n) is 6.62. The molecular formula is C7H4ClFN2O2S. The quantitative estimate of drug-likeness (QED) is 0.741. The van der Waals surface area contributed by atoms with Gasteiger partial charge in [0.15, 0.2) is 0 Å². The molecule has 7 heteroatoms. The van der Waals surface area contributed by atoms with Crippen LogP contribution in [0.2, 0.25) is 5.02 Å². The van der Waals surface area contributed by atoms with Crippen molar-refractivity contribution >= 4 is 33.7 Å². The van der Waals surface area contributed by atoms with Crippen molar-refractivity contribution in [3.05, 3.63) is 23.0 Å². The van der Waals surface area contributed by atoms with Crippen molar-refractivity contribution < 1.29 is 13.2 Å². The maximum Gasteiger partial charge on any atom is 0.225 e. The molecule has 0 amide bonds. The molecule has 0 saturated carbocycles. The number of hydrogen-bond donors (Lipinski definition) is 2. The van der Waals surface area contributed by atoms with Crippen LogP contribution in [0.1, 0.15) is 0 Å². The number of fused-ring (bicyclic) bond motifs is 1. The maximum absolute atomic E-state index is 12.9. The molecule has 14 heavy (non-hydrogen) atoms. The van der Waals surface area contributed by atoms with Crippen LogP contribution in [0, 0.1) is 5.82 Å². The van der Waals surface area contributed by atoms with E-state index in [0.29, 0.717) is 11.0 Å². The Hall–Kier alpha value is -0.980. The zero-order chi connectivity index (χ0) is 10.3. The van der Waals surface area contributed by atoms with Crippen LogP contribution >= 0.6 is 11.6 Å². The van der Waals surface area contributed by atoms with Gasteiger partial charge in [-0.05, 0) is 6.07 Å². The normalized spacial score (nSPS) is 13.4. The van der Waals surface area contributed by atoms with E-state index in [-0.39, 0.29) is 10.2 Å².